The van der Waals surface area contributed by atoms with Gasteiger partial charge in [0.25, 0.3) is 5.82 Å². The van der Waals surface area contributed by atoms with Gasteiger partial charge in [0.1, 0.15) is 12.4 Å². The van der Waals surface area contributed by atoms with Gasteiger partial charge in [0.2, 0.25) is 0 Å². The summed E-state index contributed by atoms with van der Waals surface area (Å²) in [6.07, 6.45) is 65.1. The van der Waals surface area contributed by atoms with Crippen LogP contribution < -0.4 is 4.57 Å². The lowest BCUT2D eigenvalue weighted by Crippen LogP contribution is -2.41. The first-order chi connectivity index (χ1) is 26.2. The molecule has 314 valence electrons. The van der Waals surface area contributed by atoms with Crippen molar-refractivity contribution in [3.63, 3.8) is 0 Å². The predicted molar refractivity (Wildman–Crippen MR) is 239 cm³/mol. The van der Waals surface area contributed by atoms with Gasteiger partial charge in [0, 0.05) is 0 Å². The standard InChI is InChI=1S/C51H100N2/c1-5-8-11-14-17-20-23-25-26-27-28-29-31-34-37-40-43-46-50(45-42-39-36-33-22-19-16-13-10-7-3)51-52-47-48-53(51)49(4)44-41-38-35-32-30-24-21-18-15-12-9-6-2/h47-50H,5-46H2,1-4H3/p+1. The monoisotopic (exact) mass is 742 g/mol. The van der Waals surface area contributed by atoms with Crippen LogP contribution >= 0.6 is 0 Å². The van der Waals surface area contributed by atoms with Gasteiger partial charge in [-0.2, -0.15) is 0 Å². The number of nitrogens with zero attached hydrogens (tertiary/aromatic N) is 1. The highest BCUT2D eigenvalue weighted by Crippen LogP contribution is 2.28. The topological polar surface area (TPSA) is 19.7 Å². The number of hydrogen-bond acceptors (Lipinski definition) is 0. The maximum Gasteiger partial charge on any atom is 0.257 e. The van der Waals surface area contributed by atoms with Gasteiger partial charge >= 0.3 is 0 Å². The molecule has 0 radical (unpaired) electrons. The lowest BCUT2D eigenvalue weighted by Gasteiger charge is -2.17. The van der Waals surface area contributed by atoms with Crippen molar-refractivity contribution in [2.75, 3.05) is 0 Å². The van der Waals surface area contributed by atoms with Crippen molar-refractivity contribution in [1.29, 1.82) is 0 Å². The van der Waals surface area contributed by atoms with Crippen molar-refractivity contribution < 1.29 is 4.57 Å². The van der Waals surface area contributed by atoms with Crippen LogP contribution in [0, 0.1) is 0 Å². The van der Waals surface area contributed by atoms with E-state index in [-0.39, 0.29) is 0 Å². The van der Waals surface area contributed by atoms with E-state index < -0.39 is 0 Å². The molecule has 2 atom stereocenters. The summed E-state index contributed by atoms with van der Waals surface area (Å²) < 4.78 is 2.66. The smallest absolute Gasteiger partial charge is 0.247 e. The van der Waals surface area contributed by atoms with Crippen LogP contribution in [0.25, 0.3) is 0 Å². The van der Waals surface area contributed by atoms with Gasteiger partial charge in [0.15, 0.2) is 0 Å². The zero-order valence-electron chi connectivity index (χ0n) is 37.5. The molecule has 0 aliphatic carbocycles. The highest BCUT2D eigenvalue weighted by molar-refractivity contribution is 4.90. The van der Waals surface area contributed by atoms with Gasteiger partial charge in [-0.1, -0.05) is 265 Å². The quantitative estimate of drug-likeness (QED) is 0.0507. The maximum absolute atomic E-state index is 3.79. The molecule has 0 aliphatic heterocycles. The molecule has 1 N–H and O–H groups in total. The number of hydrogen-bond donors (Lipinski definition) is 1. The Morgan fingerprint density at radius 2 is 0.604 bits per heavy atom. The fourth-order valence-corrected chi connectivity index (χ4v) is 8.90. The second kappa shape index (κ2) is 40.9. The average molecular weight is 742 g/mol. The first kappa shape index (κ1) is 50.2. The Bertz CT molecular complexity index is 813. The Kier molecular flexibility index (Phi) is 38.7. The third-order valence-corrected chi connectivity index (χ3v) is 12.6. The van der Waals surface area contributed by atoms with Gasteiger partial charge in [0.05, 0.1) is 12.0 Å². The van der Waals surface area contributed by atoms with Gasteiger partial charge in [-0.05, 0) is 32.6 Å². The van der Waals surface area contributed by atoms with Crippen LogP contribution in [-0.4, -0.2) is 4.98 Å². The summed E-state index contributed by atoms with van der Waals surface area (Å²) in [6, 6.07) is 0.616. The Balaban J connectivity index is 2.33. The minimum atomic E-state index is 0.616. The summed E-state index contributed by atoms with van der Waals surface area (Å²) in [5, 5.41) is 0. The molecule has 0 amide bonds. The molecule has 0 aliphatic rings. The van der Waals surface area contributed by atoms with Crippen LogP contribution in [0.5, 0.6) is 0 Å². The summed E-state index contributed by atoms with van der Waals surface area (Å²) in [7, 11) is 0. The summed E-state index contributed by atoms with van der Waals surface area (Å²) in [5.74, 6) is 2.25. The van der Waals surface area contributed by atoms with Crippen molar-refractivity contribution >= 4 is 0 Å². The number of H-pyrrole nitrogens is 1. The summed E-state index contributed by atoms with van der Waals surface area (Å²) >= 11 is 0. The zero-order valence-corrected chi connectivity index (χ0v) is 37.5. The Hall–Kier alpha value is -0.790. The normalized spacial score (nSPS) is 12.9. The molecule has 1 rings (SSSR count). The molecule has 2 heteroatoms. The number of nitrogens with one attached hydrogen (secondary N) is 1. The minimum Gasteiger partial charge on any atom is -0.247 e. The van der Waals surface area contributed by atoms with Crippen molar-refractivity contribution in [3.05, 3.63) is 18.2 Å². The second-order valence-corrected chi connectivity index (χ2v) is 17.9. The fourth-order valence-electron chi connectivity index (χ4n) is 8.90. The molecular formula is C51H101N2+. The van der Waals surface area contributed by atoms with E-state index in [0.29, 0.717) is 12.0 Å². The lowest BCUT2D eigenvalue weighted by molar-refractivity contribution is -0.727. The van der Waals surface area contributed by atoms with Gasteiger partial charge in [-0.15, -0.1) is 0 Å². The fraction of sp³-hybridized carbons (Fsp3) is 0.941. The maximum atomic E-state index is 3.79. The third kappa shape index (κ3) is 32.0. The highest BCUT2D eigenvalue weighted by atomic mass is 15.1. The first-order valence-corrected chi connectivity index (χ1v) is 25.3. The number of aromatic amines is 1. The molecule has 1 aromatic heterocycles. The zero-order chi connectivity index (χ0) is 38.1. The number of unbranched alkanes of at least 4 members (excludes halogenated alkanes) is 36. The molecular weight excluding hydrogens is 641 g/mol. The highest BCUT2D eigenvalue weighted by Gasteiger charge is 2.25. The molecule has 0 aromatic carbocycles. The van der Waals surface area contributed by atoms with Crippen LogP contribution in [-0.2, 0) is 0 Å². The van der Waals surface area contributed by atoms with E-state index in [1.54, 1.807) is 5.82 Å². The summed E-state index contributed by atoms with van der Waals surface area (Å²) in [5.41, 5.74) is 0. The first-order valence-electron chi connectivity index (χ1n) is 25.3. The lowest BCUT2D eigenvalue weighted by atomic mass is 9.92. The molecule has 53 heavy (non-hydrogen) atoms. The van der Waals surface area contributed by atoms with Crippen LogP contribution in [0.3, 0.4) is 0 Å². The molecule has 2 nitrogen and oxygen atoms in total. The molecule has 0 fully saturated rings. The second-order valence-electron chi connectivity index (χ2n) is 17.9. The summed E-state index contributed by atoms with van der Waals surface area (Å²) in [6.45, 7) is 9.44. The molecule has 0 saturated carbocycles. The predicted octanol–water partition coefficient (Wildman–Crippen LogP) is 18.4. The largest absolute Gasteiger partial charge is 0.257 e. The molecule has 0 bridgehead atoms. The van der Waals surface area contributed by atoms with E-state index >= 15 is 0 Å². The average Bonchev–Trinajstić information content (AvgIpc) is 3.66. The van der Waals surface area contributed by atoms with E-state index in [4.69, 9.17) is 0 Å². The molecule has 0 spiro atoms. The summed E-state index contributed by atoms with van der Waals surface area (Å²) in [4.78, 5) is 3.79. The van der Waals surface area contributed by atoms with Crippen LogP contribution in [0.15, 0.2) is 12.4 Å². The number of aromatic nitrogens is 2. The molecule has 1 aromatic rings. The van der Waals surface area contributed by atoms with Crippen LogP contribution in [0.2, 0.25) is 0 Å². The molecule has 1 heterocycles. The molecule has 2 unspecified atom stereocenters. The van der Waals surface area contributed by atoms with Gasteiger partial charge in [-0.25, -0.2) is 9.55 Å². The van der Waals surface area contributed by atoms with Crippen molar-refractivity contribution in [1.82, 2.24) is 4.98 Å². The SMILES string of the molecule is CCCCCCCCCCCCCCCCCCCC(CCCCCCCCCCCC)c1[nH]cc[n+]1C(C)CCCCCCCCCCCCCC. The van der Waals surface area contributed by atoms with E-state index in [9.17, 15) is 0 Å². The van der Waals surface area contributed by atoms with Gasteiger partial charge < -0.3 is 0 Å². The van der Waals surface area contributed by atoms with Crippen molar-refractivity contribution in [3.8, 4) is 0 Å². The van der Waals surface area contributed by atoms with E-state index in [2.05, 4.69) is 49.6 Å². The van der Waals surface area contributed by atoms with E-state index in [1.807, 2.05) is 0 Å². The third-order valence-electron chi connectivity index (χ3n) is 12.6. The Morgan fingerprint density at radius 1 is 0.358 bits per heavy atom. The Morgan fingerprint density at radius 3 is 0.887 bits per heavy atom. The number of rotatable bonds is 44. The van der Waals surface area contributed by atoms with Crippen LogP contribution in [0.4, 0.5) is 0 Å². The van der Waals surface area contributed by atoms with E-state index in [0.717, 1.165) is 0 Å². The van der Waals surface area contributed by atoms with Crippen molar-refractivity contribution in [2.24, 2.45) is 0 Å². The minimum absolute atomic E-state index is 0.616. The van der Waals surface area contributed by atoms with E-state index in [1.165, 1.54) is 270 Å². The Labute approximate surface area is 336 Å². The molecule has 0 saturated heterocycles. The van der Waals surface area contributed by atoms with Crippen LogP contribution in [0.1, 0.15) is 315 Å². The van der Waals surface area contributed by atoms with Gasteiger partial charge in [-0.3, -0.25) is 0 Å². The number of imidazole rings is 1. The van der Waals surface area contributed by atoms with Crippen molar-refractivity contribution in [2.45, 2.75) is 309 Å².